The molecule has 3 heterocycles. The number of aromatic nitrogens is 5. The van der Waals surface area contributed by atoms with Gasteiger partial charge in [-0.05, 0) is 50.2 Å². The zero-order chi connectivity index (χ0) is 32.1. The number of carbonyl (C=O) groups excluding carboxylic acids is 1. The van der Waals surface area contributed by atoms with Crippen molar-refractivity contribution in [1.82, 2.24) is 29.8 Å². The summed E-state index contributed by atoms with van der Waals surface area (Å²) in [5, 5.41) is 10.0. The number of ether oxygens (including phenoxy) is 3. The van der Waals surface area contributed by atoms with Gasteiger partial charge in [0.25, 0.3) is 0 Å². The Labute approximate surface area is 259 Å². The van der Waals surface area contributed by atoms with E-state index in [0.29, 0.717) is 30.2 Å². The first kappa shape index (κ1) is 32.7. The number of methoxy groups -OCH3 is 1. The molecule has 13 heteroatoms. The molecule has 0 aliphatic carbocycles. The Morgan fingerprint density at radius 2 is 1.75 bits per heavy atom. The van der Waals surface area contributed by atoms with Crippen molar-refractivity contribution in [2.24, 2.45) is 0 Å². The van der Waals surface area contributed by atoms with Crippen LogP contribution in [0.5, 0.6) is 11.5 Å². The summed E-state index contributed by atoms with van der Waals surface area (Å²) >= 11 is 0. The molecule has 0 atom stereocenters. The highest BCUT2D eigenvalue weighted by molar-refractivity contribution is 6.74. The van der Waals surface area contributed by atoms with Crippen LogP contribution in [-0.2, 0) is 9.26 Å². The number of carbonyl (C=O) groups is 1. The second-order valence-corrected chi connectivity index (χ2v) is 17.0. The zero-order valence-electron chi connectivity index (χ0n) is 27.0. The maximum absolute atomic E-state index is 12.5. The average molecular weight is 622 g/mol. The van der Waals surface area contributed by atoms with Crippen LogP contribution in [0.15, 0.2) is 49.2 Å². The third-order valence-electron chi connectivity index (χ3n) is 7.52. The zero-order valence-corrected chi connectivity index (χ0v) is 28.0. The minimum absolute atomic E-state index is 0.0309. The maximum Gasteiger partial charge on any atom is 0.432 e. The van der Waals surface area contributed by atoms with Gasteiger partial charge in [-0.3, -0.25) is 0 Å². The van der Waals surface area contributed by atoms with Crippen LogP contribution in [0.4, 0.5) is 16.2 Å². The number of hydrogen-bond acceptors (Lipinski definition) is 10. The van der Waals surface area contributed by atoms with E-state index in [4.69, 9.17) is 23.7 Å². The third kappa shape index (κ3) is 7.83. The van der Waals surface area contributed by atoms with Crippen LogP contribution in [-0.4, -0.2) is 71.6 Å². The van der Waals surface area contributed by atoms with Crippen molar-refractivity contribution in [3.63, 3.8) is 0 Å². The minimum atomic E-state index is -2.15. The van der Waals surface area contributed by atoms with Crippen molar-refractivity contribution >= 4 is 36.8 Å². The Kier molecular flexibility index (Phi) is 10.1. The van der Waals surface area contributed by atoms with Crippen molar-refractivity contribution < 1.29 is 23.5 Å². The molecule has 4 aromatic rings. The number of benzene rings is 1. The van der Waals surface area contributed by atoms with E-state index in [1.807, 2.05) is 35.1 Å². The quantitative estimate of drug-likeness (QED) is 0.100. The topological polar surface area (TPSA) is 126 Å². The van der Waals surface area contributed by atoms with E-state index in [1.54, 1.807) is 26.6 Å². The van der Waals surface area contributed by atoms with Crippen molar-refractivity contribution in [3.8, 4) is 22.8 Å². The van der Waals surface area contributed by atoms with Gasteiger partial charge in [-0.15, -0.1) is 0 Å². The summed E-state index contributed by atoms with van der Waals surface area (Å²) in [6, 6.07) is 7.71. The fourth-order valence-corrected chi connectivity index (χ4v) is 5.14. The molecule has 12 nitrogen and oxygen atoms in total. The van der Waals surface area contributed by atoms with Gasteiger partial charge in [-0.2, -0.15) is 5.10 Å². The molecule has 0 unspecified atom stereocenters. The van der Waals surface area contributed by atoms with E-state index in [-0.39, 0.29) is 17.7 Å². The van der Waals surface area contributed by atoms with Crippen LogP contribution in [0, 0.1) is 0 Å². The first-order valence-electron chi connectivity index (χ1n) is 14.6. The van der Waals surface area contributed by atoms with E-state index in [9.17, 15) is 4.79 Å². The molecule has 0 aliphatic rings. The first-order chi connectivity index (χ1) is 20.8. The highest BCUT2D eigenvalue weighted by Crippen LogP contribution is 2.37. The number of nitrogens with zero attached hydrogens (tertiary/aromatic N) is 6. The summed E-state index contributed by atoms with van der Waals surface area (Å²) in [7, 11) is 1.05. The number of hydroxylamine groups is 2. The van der Waals surface area contributed by atoms with Gasteiger partial charge in [-0.25, -0.2) is 29.5 Å². The largest absolute Gasteiger partial charge is 0.497 e. The molecule has 0 bridgehead atoms. The van der Waals surface area contributed by atoms with Gasteiger partial charge in [0.1, 0.15) is 17.8 Å². The number of rotatable bonds is 12. The summed E-state index contributed by atoms with van der Waals surface area (Å²) < 4.78 is 24.9. The summed E-state index contributed by atoms with van der Waals surface area (Å²) in [6.45, 7) is 15.2. The highest BCUT2D eigenvalue weighted by atomic mass is 28.4. The van der Waals surface area contributed by atoms with Crippen LogP contribution < -0.4 is 14.8 Å². The number of anilines is 2. The van der Waals surface area contributed by atoms with Gasteiger partial charge in [0.15, 0.2) is 5.65 Å². The highest BCUT2D eigenvalue weighted by Gasteiger charge is 2.40. The Bertz CT molecular complexity index is 1570. The normalized spacial score (nSPS) is 12.0. The fraction of sp³-hybridized carbons (Fsp3) is 0.452. The number of amides is 1. The van der Waals surface area contributed by atoms with Crippen LogP contribution in [0.2, 0.25) is 18.1 Å². The minimum Gasteiger partial charge on any atom is -0.497 e. The van der Waals surface area contributed by atoms with Crippen molar-refractivity contribution in [1.29, 1.82) is 0 Å². The molecule has 0 aliphatic heterocycles. The van der Waals surface area contributed by atoms with Gasteiger partial charge in [0, 0.05) is 31.1 Å². The second kappa shape index (κ2) is 13.6. The second-order valence-electron chi connectivity index (χ2n) is 12.3. The first-order valence-corrected chi connectivity index (χ1v) is 17.5. The monoisotopic (exact) mass is 621 g/mol. The van der Waals surface area contributed by atoms with E-state index in [1.165, 1.54) is 11.4 Å². The van der Waals surface area contributed by atoms with Crippen molar-refractivity contribution in [2.45, 2.75) is 65.2 Å². The van der Waals surface area contributed by atoms with Gasteiger partial charge in [0.05, 0.1) is 61.4 Å². The van der Waals surface area contributed by atoms with Gasteiger partial charge < -0.3 is 24.1 Å². The molecule has 1 aromatic carbocycles. The van der Waals surface area contributed by atoms with E-state index >= 15 is 0 Å². The lowest BCUT2D eigenvalue weighted by Crippen LogP contribution is -2.47. The van der Waals surface area contributed by atoms with E-state index < -0.39 is 14.4 Å². The molecule has 4 rings (SSSR count). The van der Waals surface area contributed by atoms with E-state index in [0.717, 1.165) is 28.0 Å². The summed E-state index contributed by atoms with van der Waals surface area (Å²) in [5.74, 6) is 1.23. The SMILES string of the molecule is COc1cc(OCCCOC(=O)N(C)O[Si](C)(C)C(C)(C)C)cc(-c2cc(Nc3cncnc3)c3cnn(C(C)C)c3n2)c1. The van der Waals surface area contributed by atoms with Gasteiger partial charge in [0.2, 0.25) is 8.32 Å². The number of fused-ring (bicyclic) bond motifs is 1. The van der Waals surface area contributed by atoms with E-state index in [2.05, 4.69) is 68.1 Å². The number of nitrogens with one attached hydrogen (secondary N) is 1. The van der Waals surface area contributed by atoms with Crippen molar-refractivity contribution in [2.75, 3.05) is 32.7 Å². The number of pyridine rings is 1. The Morgan fingerprint density at radius 1 is 1.05 bits per heavy atom. The molecular formula is C31H43N7O5Si. The Balaban J connectivity index is 1.48. The molecule has 1 amide bonds. The molecule has 0 saturated carbocycles. The van der Waals surface area contributed by atoms with Crippen LogP contribution in [0.25, 0.3) is 22.3 Å². The fourth-order valence-electron chi connectivity index (χ4n) is 4.10. The molecule has 0 radical (unpaired) electrons. The predicted molar refractivity (Wildman–Crippen MR) is 173 cm³/mol. The lowest BCUT2D eigenvalue weighted by Gasteiger charge is -2.37. The maximum atomic E-state index is 12.5. The van der Waals surface area contributed by atoms with Gasteiger partial charge >= 0.3 is 6.09 Å². The van der Waals surface area contributed by atoms with Crippen molar-refractivity contribution in [3.05, 3.63) is 49.2 Å². The molecule has 0 spiro atoms. The van der Waals surface area contributed by atoms with Crippen LogP contribution in [0.3, 0.4) is 0 Å². The summed E-state index contributed by atoms with van der Waals surface area (Å²) in [4.78, 5) is 25.7. The lowest BCUT2D eigenvalue weighted by molar-refractivity contribution is -0.0404. The molecule has 1 N–H and O–H groups in total. The number of hydrogen-bond donors (Lipinski definition) is 1. The molecular weight excluding hydrogens is 578 g/mol. The Morgan fingerprint density at radius 3 is 2.41 bits per heavy atom. The molecule has 236 valence electrons. The summed E-state index contributed by atoms with van der Waals surface area (Å²) in [6.07, 6.45) is 6.69. The molecule has 44 heavy (non-hydrogen) atoms. The molecule has 3 aromatic heterocycles. The lowest BCUT2D eigenvalue weighted by atomic mass is 10.1. The van der Waals surface area contributed by atoms with Crippen LogP contribution >= 0.6 is 0 Å². The predicted octanol–water partition coefficient (Wildman–Crippen LogP) is 7.00. The average Bonchev–Trinajstić information content (AvgIpc) is 3.41. The molecule has 0 saturated heterocycles. The smallest absolute Gasteiger partial charge is 0.432 e. The third-order valence-corrected chi connectivity index (χ3v) is 11.9. The molecule has 0 fully saturated rings. The standard InChI is InChI=1S/C31H43N7O5Si/c1-21(2)38-29-26(19-34-38)28(35-23-17-32-20-33-18-23)16-27(36-29)22-13-24(40-7)15-25(14-22)41-11-10-12-42-30(39)37(6)43-44(8,9)31(3,4)5/h13-21H,10-12H2,1-9H3,(H,35,36). The van der Waals surface area contributed by atoms with Gasteiger partial charge in [-0.1, -0.05) is 20.8 Å². The summed E-state index contributed by atoms with van der Waals surface area (Å²) in [5.41, 5.74) is 3.83. The van der Waals surface area contributed by atoms with Crippen LogP contribution in [0.1, 0.15) is 47.1 Å². The Hall–Kier alpha value is -4.23.